The molecule has 0 saturated heterocycles. The van der Waals surface area contributed by atoms with Crippen molar-refractivity contribution in [2.24, 2.45) is 23.2 Å². The molecule has 0 atom stereocenters. The quantitative estimate of drug-likeness (QED) is 0.859. The van der Waals surface area contributed by atoms with Gasteiger partial charge in [-0.2, -0.15) is 0 Å². The minimum atomic E-state index is -0.123. The highest BCUT2D eigenvalue weighted by Crippen LogP contribution is 2.60. The van der Waals surface area contributed by atoms with Gasteiger partial charge in [-0.25, -0.2) is 0 Å². The van der Waals surface area contributed by atoms with E-state index in [4.69, 9.17) is 0 Å². The van der Waals surface area contributed by atoms with Gasteiger partial charge in [0.1, 0.15) is 0 Å². The molecule has 0 spiro atoms. The zero-order chi connectivity index (χ0) is 17.4. The number of anilines is 1. The summed E-state index contributed by atoms with van der Waals surface area (Å²) in [6, 6.07) is 7.77. The number of hydrogen-bond acceptors (Lipinski definition) is 2. The van der Waals surface area contributed by atoms with Gasteiger partial charge >= 0.3 is 0 Å². The topological polar surface area (TPSA) is 58.2 Å². The molecule has 0 aromatic heterocycles. The smallest absolute Gasteiger partial charge is 0.226 e. The first-order valence-corrected chi connectivity index (χ1v) is 9.67. The lowest BCUT2D eigenvalue weighted by Crippen LogP contribution is -2.53. The molecular formula is C21H28N2O2. The molecule has 5 rings (SSSR count). The molecule has 4 heteroatoms. The first-order valence-electron chi connectivity index (χ1n) is 9.67. The molecule has 0 radical (unpaired) electrons. The fourth-order valence-electron chi connectivity index (χ4n) is 5.81. The minimum Gasteiger partial charge on any atom is -0.355 e. The number of benzene rings is 1. The maximum Gasteiger partial charge on any atom is 0.226 e. The second-order valence-corrected chi connectivity index (χ2v) is 8.62. The highest BCUT2D eigenvalue weighted by atomic mass is 16.2. The van der Waals surface area contributed by atoms with Crippen LogP contribution in [0.2, 0.25) is 0 Å². The SMILES string of the molecule is Cc1cccc(NC(=O)CCNC(=O)C23CC4CC(CC(C4)C2)C3)c1. The van der Waals surface area contributed by atoms with Crippen LogP contribution < -0.4 is 10.6 Å². The van der Waals surface area contributed by atoms with Crippen molar-refractivity contribution in [2.45, 2.75) is 51.9 Å². The highest BCUT2D eigenvalue weighted by Gasteiger charge is 2.54. The summed E-state index contributed by atoms with van der Waals surface area (Å²) < 4.78 is 0. The predicted molar refractivity (Wildman–Crippen MR) is 98.0 cm³/mol. The first-order chi connectivity index (χ1) is 12.0. The van der Waals surface area contributed by atoms with E-state index in [0.717, 1.165) is 48.3 Å². The molecule has 0 heterocycles. The van der Waals surface area contributed by atoms with E-state index in [-0.39, 0.29) is 17.2 Å². The van der Waals surface area contributed by atoms with Crippen LogP contribution in [0.5, 0.6) is 0 Å². The number of rotatable bonds is 5. The number of nitrogens with one attached hydrogen (secondary N) is 2. The van der Waals surface area contributed by atoms with Crippen LogP contribution in [-0.2, 0) is 9.59 Å². The molecule has 0 aliphatic heterocycles. The van der Waals surface area contributed by atoms with Crippen LogP contribution in [-0.4, -0.2) is 18.4 Å². The van der Waals surface area contributed by atoms with Crippen LogP contribution >= 0.6 is 0 Å². The lowest BCUT2D eigenvalue weighted by atomic mass is 9.49. The fourth-order valence-corrected chi connectivity index (χ4v) is 5.81. The molecule has 4 aliphatic rings. The van der Waals surface area contributed by atoms with Gasteiger partial charge in [-0.1, -0.05) is 12.1 Å². The molecule has 2 amide bonds. The van der Waals surface area contributed by atoms with E-state index in [0.29, 0.717) is 13.0 Å². The Bertz CT molecular complexity index is 647. The van der Waals surface area contributed by atoms with Crippen LogP contribution in [0.3, 0.4) is 0 Å². The van der Waals surface area contributed by atoms with Gasteiger partial charge in [0.25, 0.3) is 0 Å². The zero-order valence-electron chi connectivity index (χ0n) is 15.0. The first kappa shape index (κ1) is 16.6. The Hall–Kier alpha value is -1.84. The monoisotopic (exact) mass is 340 g/mol. The average Bonchev–Trinajstić information content (AvgIpc) is 2.53. The fraction of sp³-hybridized carbons (Fsp3) is 0.619. The van der Waals surface area contributed by atoms with Gasteiger partial charge in [0, 0.05) is 24.1 Å². The third-order valence-electron chi connectivity index (χ3n) is 6.46. The Morgan fingerprint density at radius 1 is 1.08 bits per heavy atom. The van der Waals surface area contributed by atoms with Gasteiger partial charge in [0.05, 0.1) is 0 Å². The molecule has 1 aromatic carbocycles. The summed E-state index contributed by atoms with van der Waals surface area (Å²) >= 11 is 0. The molecule has 1 aromatic rings. The Kier molecular flexibility index (Phi) is 4.30. The van der Waals surface area contributed by atoms with Crippen LogP contribution in [0.4, 0.5) is 5.69 Å². The van der Waals surface area contributed by atoms with Crippen LogP contribution in [0.25, 0.3) is 0 Å². The van der Waals surface area contributed by atoms with Gasteiger partial charge in [-0.3, -0.25) is 9.59 Å². The number of aryl methyl sites for hydroxylation is 1. The van der Waals surface area contributed by atoms with Crippen molar-refractivity contribution in [3.8, 4) is 0 Å². The Labute approximate surface area is 149 Å². The van der Waals surface area contributed by atoms with Gasteiger partial charge in [-0.05, 0) is 80.9 Å². The summed E-state index contributed by atoms with van der Waals surface area (Å²) in [7, 11) is 0. The summed E-state index contributed by atoms with van der Waals surface area (Å²) in [4.78, 5) is 24.9. The number of carbonyl (C=O) groups is 2. The molecule has 4 fully saturated rings. The highest BCUT2D eigenvalue weighted by molar-refractivity contribution is 5.91. The minimum absolute atomic E-state index is 0.0450. The molecule has 25 heavy (non-hydrogen) atoms. The van der Waals surface area contributed by atoms with Gasteiger partial charge in [-0.15, -0.1) is 0 Å². The van der Waals surface area contributed by atoms with Gasteiger partial charge < -0.3 is 10.6 Å². The maximum absolute atomic E-state index is 12.8. The number of hydrogen-bond donors (Lipinski definition) is 2. The van der Waals surface area contributed by atoms with Gasteiger partial charge in [0.15, 0.2) is 0 Å². The van der Waals surface area contributed by atoms with Crippen molar-refractivity contribution >= 4 is 17.5 Å². The summed E-state index contributed by atoms with van der Waals surface area (Å²) in [5.74, 6) is 2.45. The summed E-state index contributed by atoms with van der Waals surface area (Å²) in [5, 5.41) is 5.97. The largest absolute Gasteiger partial charge is 0.355 e. The molecule has 4 bridgehead atoms. The van der Waals surface area contributed by atoms with E-state index in [2.05, 4.69) is 10.6 Å². The van der Waals surface area contributed by atoms with Crippen molar-refractivity contribution < 1.29 is 9.59 Å². The molecule has 4 nitrogen and oxygen atoms in total. The molecular weight excluding hydrogens is 312 g/mol. The second-order valence-electron chi connectivity index (χ2n) is 8.62. The third kappa shape index (κ3) is 3.44. The Balaban J connectivity index is 1.27. The number of carbonyl (C=O) groups excluding carboxylic acids is 2. The summed E-state index contributed by atoms with van der Waals surface area (Å²) in [5.41, 5.74) is 1.81. The van der Waals surface area contributed by atoms with Crippen LogP contribution in [0.15, 0.2) is 24.3 Å². The summed E-state index contributed by atoms with van der Waals surface area (Å²) in [6.45, 7) is 2.43. The Morgan fingerprint density at radius 2 is 1.72 bits per heavy atom. The normalized spacial score (nSPS) is 32.4. The van der Waals surface area contributed by atoms with Crippen molar-refractivity contribution in [3.63, 3.8) is 0 Å². The van der Waals surface area contributed by atoms with Crippen molar-refractivity contribution in [1.29, 1.82) is 0 Å². The lowest BCUT2D eigenvalue weighted by molar-refractivity contribution is -0.146. The average molecular weight is 340 g/mol. The maximum atomic E-state index is 12.8. The predicted octanol–water partition coefficient (Wildman–Crippen LogP) is 3.66. The summed E-state index contributed by atoms with van der Waals surface area (Å²) in [6.07, 6.45) is 7.55. The molecule has 4 aliphatic carbocycles. The number of amides is 2. The third-order valence-corrected chi connectivity index (χ3v) is 6.46. The van der Waals surface area contributed by atoms with Crippen molar-refractivity contribution in [3.05, 3.63) is 29.8 Å². The van der Waals surface area contributed by atoms with Crippen molar-refractivity contribution in [1.82, 2.24) is 5.32 Å². The molecule has 4 saturated carbocycles. The zero-order valence-corrected chi connectivity index (χ0v) is 15.0. The van der Waals surface area contributed by atoms with Gasteiger partial charge in [0.2, 0.25) is 11.8 Å². The van der Waals surface area contributed by atoms with Crippen molar-refractivity contribution in [2.75, 3.05) is 11.9 Å². The van der Waals surface area contributed by atoms with Crippen LogP contribution in [0, 0.1) is 30.1 Å². The molecule has 2 N–H and O–H groups in total. The molecule has 0 unspecified atom stereocenters. The van der Waals surface area contributed by atoms with E-state index < -0.39 is 0 Å². The lowest BCUT2D eigenvalue weighted by Gasteiger charge is -2.55. The van der Waals surface area contributed by atoms with E-state index in [1.807, 2.05) is 31.2 Å². The second kappa shape index (κ2) is 6.47. The molecule has 134 valence electrons. The van der Waals surface area contributed by atoms with E-state index in [1.54, 1.807) is 0 Å². The Morgan fingerprint density at radius 3 is 2.32 bits per heavy atom. The van der Waals surface area contributed by atoms with E-state index >= 15 is 0 Å². The standard InChI is InChI=1S/C21H28N2O2/c1-14-3-2-4-18(7-14)23-19(24)5-6-22-20(25)21-11-15-8-16(12-21)10-17(9-15)13-21/h2-4,7,15-17H,5-6,8-13H2,1H3,(H,22,25)(H,23,24). The van der Waals surface area contributed by atoms with E-state index in [9.17, 15) is 9.59 Å². The van der Waals surface area contributed by atoms with E-state index in [1.165, 1.54) is 19.3 Å². The van der Waals surface area contributed by atoms with Crippen LogP contribution in [0.1, 0.15) is 50.5 Å².